The van der Waals surface area contributed by atoms with E-state index in [4.69, 9.17) is 23.2 Å². The Morgan fingerprint density at radius 2 is 1.68 bits per heavy atom. The van der Waals surface area contributed by atoms with Gasteiger partial charge >= 0.3 is 0 Å². The van der Waals surface area contributed by atoms with Crippen LogP contribution in [0.2, 0.25) is 10.0 Å². The summed E-state index contributed by atoms with van der Waals surface area (Å²) >= 11 is 13.7. The number of nitrogens with one attached hydrogen (secondary N) is 1. The smallest absolute Gasteiger partial charge is 0.242 e. The predicted molar refractivity (Wildman–Crippen MR) is 132 cm³/mol. The lowest BCUT2D eigenvalue weighted by Gasteiger charge is -2.29. The van der Waals surface area contributed by atoms with Crippen LogP contribution in [-0.4, -0.2) is 34.6 Å². The number of carbonyl (C=O) groups is 2. The lowest BCUT2D eigenvalue weighted by molar-refractivity contribution is -0.138. The molecule has 7 heteroatoms. The van der Waals surface area contributed by atoms with Gasteiger partial charge in [-0.15, -0.1) is 11.8 Å². The molecule has 0 saturated carbocycles. The number of amides is 2. The minimum absolute atomic E-state index is 0.0489. The van der Waals surface area contributed by atoms with Gasteiger partial charge < -0.3 is 10.2 Å². The summed E-state index contributed by atoms with van der Waals surface area (Å²) in [5, 5.41) is 3.86. The van der Waals surface area contributed by atoms with Gasteiger partial charge in [0.1, 0.15) is 6.04 Å². The molecule has 0 unspecified atom stereocenters. The van der Waals surface area contributed by atoms with E-state index in [1.807, 2.05) is 26.8 Å². The van der Waals surface area contributed by atoms with Crippen molar-refractivity contribution in [1.29, 1.82) is 0 Å². The third kappa shape index (κ3) is 8.06. The molecule has 2 aromatic rings. The molecule has 2 rings (SSSR count). The van der Waals surface area contributed by atoms with Crippen molar-refractivity contribution in [3.05, 3.63) is 69.2 Å². The highest BCUT2D eigenvalue weighted by atomic mass is 35.5. The molecule has 168 valence electrons. The molecule has 0 bridgehead atoms. The van der Waals surface area contributed by atoms with Gasteiger partial charge in [-0.2, -0.15) is 0 Å². The Labute approximate surface area is 199 Å². The van der Waals surface area contributed by atoms with Gasteiger partial charge in [0.05, 0.1) is 15.8 Å². The van der Waals surface area contributed by atoms with Gasteiger partial charge in [0.15, 0.2) is 0 Å². The normalized spacial score (nSPS) is 12.8. The summed E-state index contributed by atoms with van der Waals surface area (Å²) in [7, 11) is 0. The number of carbonyl (C=O) groups excluding carboxylic acids is 2. The fourth-order valence-corrected chi connectivity index (χ4v) is 4.10. The van der Waals surface area contributed by atoms with E-state index in [0.717, 1.165) is 17.7 Å². The number of nitrogens with zero attached hydrogens (tertiary/aromatic N) is 1. The third-order valence-corrected chi connectivity index (χ3v) is 6.85. The van der Waals surface area contributed by atoms with Crippen molar-refractivity contribution < 1.29 is 9.59 Å². The van der Waals surface area contributed by atoms with Crippen molar-refractivity contribution >= 4 is 46.8 Å². The van der Waals surface area contributed by atoms with Crippen LogP contribution < -0.4 is 5.32 Å². The summed E-state index contributed by atoms with van der Waals surface area (Å²) < 4.78 is 0. The highest BCUT2D eigenvalue weighted by Gasteiger charge is 2.26. The van der Waals surface area contributed by atoms with Crippen LogP contribution >= 0.6 is 35.0 Å². The number of hydrogen-bond acceptors (Lipinski definition) is 3. The van der Waals surface area contributed by atoms with Crippen molar-refractivity contribution in [1.82, 2.24) is 10.2 Å². The molecular weight excluding hydrogens is 451 g/mol. The number of benzene rings is 2. The Balaban J connectivity index is 2.10. The second-order valence-corrected chi connectivity index (χ2v) is 9.54. The second kappa shape index (κ2) is 12.4. The van der Waals surface area contributed by atoms with Crippen molar-refractivity contribution in [2.45, 2.75) is 58.5 Å². The van der Waals surface area contributed by atoms with Crippen molar-refractivity contribution in [3.8, 4) is 0 Å². The maximum atomic E-state index is 13.1. The van der Waals surface area contributed by atoms with E-state index in [1.165, 1.54) is 11.1 Å². The number of thioether (sulfide) groups is 1. The Morgan fingerprint density at radius 3 is 2.29 bits per heavy atom. The van der Waals surface area contributed by atoms with Gasteiger partial charge in [-0.05, 0) is 50.5 Å². The van der Waals surface area contributed by atoms with Crippen molar-refractivity contribution in [2.24, 2.45) is 0 Å². The minimum atomic E-state index is -0.601. The first-order valence-corrected chi connectivity index (χ1v) is 12.3. The molecule has 0 aromatic heterocycles. The first-order chi connectivity index (χ1) is 14.7. The van der Waals surface area contributed by atoms with Gasteiger partial charge in [0.25, 0.3) is 0 Å². The van der Waals surface area contributed by atoms with E-state index in [2.05, 4.69) is 29.6 Å². The van der Waals surface area contributed by atoms with Crippen LogP contribution in [0.3, 0.4) is 0 Å². The number of hydrogen-bond donors (Lipinski definition) is 1. The predicted octanol–water partition coefficient (Wildman–Crippen LogP) is 5.87. The molecule has 2 amide bonds. The lowest BCUT2D eigenvalue weighted by Crippen LogP contribution is -2.50. The van der Waals surface area contributed by atoms with E-state index < -0.39 is 6.04 Å². The quantitative estimate of drug-likeness (QED) is 0.462. The van der Waals surface area contributed by atoms with Gasteiger partial charge in [-0.1, -0.05) is 66.0 Å². The number of rotatable bonds is 10. The van der Waals surface area contributed by atoms with E-state index in [0.29, 0.717) is 10.0 Å². The Morgan fingerprint density at radius 1 is 1.03 bits per heavy atom. The van der Waals surface area contributed by atoms with Crippen LogP contribution in [0.15, 0.2) is 42.5 Å². The second-order valence-electron chi connectivity index (χ2n) is 7.74. The minimum Gasteiger partial charge on any atom is -0.352 e. The van der Waals surface area contributed by atoms with E-state index in [1.54, 1.807) is 35.7 Å². The molecule has 4 nitrogen and oxygen atoms in total. The molecule has 0 aliphatic carbocycles. The third-order valence-electron chi connectivity index (χ3n) is 5.12. The summed E-state index contributed by atoms with van der Waals surface area (Å²) in [5.74, 6) is 0.775. The Hall–Kier alpha value is -1.69. The molecule has 2 atom stereocenters. The molecular formula is C24H30Cl2N2O2S. The SMILES string of the molecule is CC[C@@H](C)NC(=O)[C@H](C)N(Cc1ccc(Cl)c(Cl)c1)C(=O)CSCc1ccc(C)cc1. The fourth-order valence-electron chi connectivity index (χ4n) is 2.91. The van der Waals surface area contributed by atoms with Gasteiger partial charge in [-0.3, -0.25) is 9.59 Å². The molecule has 1 N–H and O–H groups in total. The lowest BCUT2D eigenvalue weighted by atomic mass is 10.1. The van der Waals surface area contributed by atoms with Gasteiger partial charge in [0.2, 0.25) is 11.8 Å². The maximum absolute atomic E-state index is 13.1. The monoisotopic (exact) mass is 480 g/mol. The molecule has 0 aliphatic heterocycles. The molecule has 0 fully saturated rings. The fraction of sp³-hybridized carbons (Fsp3) is 0.417. The van der Waals surface area contributed by atoms with E-state index in [-0.39, 0.29) is 30.2 Å². The molecule has 31 heavy (non-hydrogen) atoms. The van der Waals surface area contributed by atoms with Crippen LogP contribution in [0.5, 0.6) is 0 Å². The van der Waals surface area contributed by atoms with Gasteiger partial charge in [0, 0.05) is 18.3 Å². The summed E-state index contributed by atoms with van der Waals surface area (Å²) in [6, 6.07) is 13.0. The molecule has 0 saturated heterocycles. The largest absolute Gasteiger partial charge is 0.352 e. The Bertz CT molecular complexity index is 890. The summed E-state index contributed by atoms with van der Waals surface area (Å²) in [5.41, 5.74) is 3.20. The van der Waals surface area contributed by atoms with Crippen LogP contribution in [0.25, 0.3) is 0 Å². The Kier molecular flexibility index (Phi) is 10.2. The van der Waals surface area contributed by atoms with Crippen molar-refractivity contribution in [2.75, 3.05) is 5.75 Å². The van der Waals surface area contributed by atoms with E-state index in [9.17, 15) is 9.59 Å². The number of aryl methyl sites for hydroxylation is 1. The van der Waals surface area contributed by atoms with Crippen LogP contribution in [0.1, 0.15) is 43.9 Å². The molecule has 0 radical (unpaired) electrons. The highest BCUT2D eigenvalue weighted by Crippen LogP contribution is 2.24. The summed E-state index contributed by atoms with van der Waals surface area (Å²) in [6.07, 6.45) is 0.825. The summed E-state index contributed by atoms with van der Waals surface area (Å²) in [4.78, 5) is 27.5. The number of halogens is 2. The van der Waals surface area contributed by atoms with Crippen LogP contribution in [0.4, 0.5) is 0 Å². The van der Waals surface area contributed by atoms with Crippen LogP contribution in [0, 0.1) is 6.92 Å². The van der Waals surface area contributed by atoms with Crippen LogP contribution in [-0.2, 0) is 21.9 Å². The molecule has 0 spiro atoms. The first kappa shape index (κ1) is 25.6. The highest BCUT2D eigenvalue weighted by molar-refractivity contribution is 7.99. The average Bonchev–Trinajstić information content (AvgIpc) is 2.75. The van der Waals surface area contributed by atoms with Gasteiger partial charge in [-0.25, -0.2) is 0 Å². The first-order valence-electron chi connectivity index (χ1n) is 10.4. The molecule has 0 heterocycles. The summed E-state index contributed by atoms with van der Waals surface area (Å²) in [6.45, 7) is 8.06. The topological polar surface area (TPSA) is 49.4 Å². The zero-order valence-electron chi connectivity index (χ0n) is 18.5. The zero-order valence-corrected chi connectivity index (χ0v) is 20.8. The average molecular weight is 481 g/mol. The molecule has 0 aliphatic rings. The standard InChI is InChI=1S/C24H30Cl2N2O2S/c1-5-17(3)27-24(30)18(4)28(13-20-10-11-21(25)22(26)12-20)23(29)15-31-14-19-8-6-16(2)7-9-19/h6-12,17-18H,5,13-15H2,1-4H3,(H,27,30)/t17-,18+/m1/s1. The van der Waals surface area contributed by atoms with E-state index >= 15 is 0 Å². The maximum Gasteiger partial charge on any atom is 0.242 e. The van der Waals surface area contributed by atoms with Crippen molar-refractivity contribution in [3.63, 3.8) is 0 Å². The zero-order chi connectivity index (χ0) is 23.0. The molecule has 2 aromatic carbocycles.